The van der Waals surface area contributed by atoms with Gasteiger partial charge in [-0.3, -0.25) is 5.41 Å². The van der Waals surface area contributed by atoms with Crippen LogP contribution in [0.2, 0.25) is 0 Å². The highest BCUT2D eigenvalue weighted by Gasteiger charge is 1.97. The molecule has 0 aliphatic carbocycles. The predicted molar refractivity (Wildman–Crippen MR) is 63.1 cm³/mol. The van der Waals surface area contributed by atoms with Gasteiger partial charge in [-0.25, -0.2) is 0 Å². The zero-order valence-corrected chi connectivity index (χ0v) is 9.12. The fourth-order valence-corrected chi connectivity index (χ4v) is 1.13. The van der Waals surface area contributed by atoms with Crippen molar-refractivity contribution in [3.63, 3.8) is 0 Å². The van der Waals surface area contributed by atoms with E-state index < -0.39 is 0 Å². The molecular formula is C12H15N3. The number of aryl methyl sites for hydroxylation is 1. The van der Waals surface area contributed by atoms with E-state index in [4.69, 9.17) is 5.41 Å². The average Bonchev–Trinajstić information content (AvgIpc) is 2.26. The van der Waals surface area contributed by atoms with E-state index in [1.807, 2.05) is 24.3 Å². The number of hydrogen-bond donors (Lipinski definition) is 1. The van der Waals surface area contributed by atoms with Crippen LogP contribution in [-0.4, -0.2) is 5.84 Å². The van der Waals surface area contributed by atoms with Crippen molar-refractivity contribution in [3.05, 3.63) is 42.0 Å². The smallest absolute Gasteiger partial charge is 0.140 e. The van der Waals surface area contributed by atoms with Crippen molar-refractivity contribution < 1.29 is 0 Å². The number of benzene rings is 1. The molecule has 0 bridgehead atoms. The molecule has 1 rings (SSSR count). The van der Waals surface area contributed by atoms with E-state index in [1.165, 1.54) is 5.56 Å². The largest absolute Gasteiger partial charge is 0.285 e. The van der Waals surface area contributed by atoms with Gasteiger partial charge in [0.1, 0.15) is 5.84 Å². The van der Waals surface area contributed by atoms with E-state index in [2.05, 4.69) is 23.7 Å². The van der Waals surface area contributed by atoms with Gasteiger partial charge >= 0.3 is 0 Å². The second-order valence-electron chi connectivity index (χ2n) is 3.28. The van der Waals surface area contributed by atoms with Crippen molar-refractivity contribution in [3.8, 4) is 0 Å². The summed E-state index contributed by atoms with van der Waals surface area (Å²) in [6.45, 7) is 7.49. The summed E-state index contributed by atoms with van der Waals surface area (Å²) in [6.07, 6.45) is 1.02. The third-order valence-corrected chi connectivity index (χ3v) is 2.02. The van der Waals surface area contributed by atoms with E-state index in [1.54, 1.807) is 6.92 Å². The molecule has 1 aromatic carbocycles. The Morgan fingerprint density at radius 1 is 1.27 bits per heavy atom. The molecule has 0 spiro atoms. The third kappa shape index (κ3) is 3.46. The molecule has 1 aromatic rings. The molecule has 3 heteroatoms. The minimum Gasteiger partial charge on any atom is -0.285 e. The SMILES string of the molecule is C=C(N=NC(C)=N)c1ccc(CC)cc1. The molecule has 0 atom stereocenters. The lowest BCUT2D eigenvalue weighted by Gasteiger charge is -2.00. The monoisotopic (exact) mass is 201 g/mol. The normalized spacial score (nSPS) is 10.5. The first kappa shape index (κ1) is 11.3. The molecule has 15 heavy (non-hydrogen) atoms. The number of amidine groups is 1. The maximum Gasteiger partial charge on any atom is 0.140 e. The van der Waals surface area contributed by atoms with Crippen LogP contribution in [0.25, 0.3) is 5.70 Å². The van der Waals surface area contributed by atoms with Gasteiger partial charge in [-0.1, -0.05) is 37.8 Å². The molecule has 0 fully saturated rings. The van der Waals surface area contributed by atoms with E-state index >= 15 is 0 Å². The lowest BCUT2D eigenvalue weighted by Crippen LogP contribution is -1.84. The van der Waals surface area contributed by atoms with Crippen LogP contribution < -0.4 is 0 Å². The molecule has 0 unspecified atom stereocenters. The summed E-state index contributed by atoms with van der Waals surface area (Å²) < 4.78 is 0. The Kier molecular flexibility index (Phi) is 3.92. The van der Waals surface area contributed by atoms with Gasteiger partial charge in [0.15, 0.2) is 0 Å². The van der Waals surface area contributed by atoms with Gasteiger partial charge in [0, 0.05) is 5.56 Å². The zero-order chi connectivity index (χ0) is 11.3. The molecule has 0 saturated carbocycles. The lowest BCUT2D eigenvalue weighted by atomic mass is 10.1. The maximum atomic E-state index is 7.11. The van der Waals surface area contributed by atoms with Crippen LogP contribution in [0.4, 0.5) is 0 Å². The van der Waals surface area contributed by atoms with E-state index in [0.29, 0.717) is 5.70 Å². The number of hydrogen-bond acceptors (Lipinski definition) is 2. The molecule has 0 amide bonds. The van der Waals surface area contributed by atoms with Crippen LogP contribution in [0.3, 0.4) is 0 Å². The first-order valence-electron chi connectivity index (χ1n) is 4.88. The quantitative estimate of drug-likeness (QED) is 0.440. The van der Waals surface area contributed by atoms with Gasteiger partial charge < -0.3 is 0 Å². The minimum atomic E-state index is 0.182. The van der Waals surface area contributed by atoms with Crippen LogP contribution in [0, 0.1) is 5.41 Å². The van der Waals surface area contributed by atoms with Crippen molar-refractivity contribution in [2.45, 2.75) is 20.3 Å². The number of nitrogens with zero attached hydrogens (tertiary/aromatic N) is 2. The second kappa shape index (κ2) is 5.20. The average molecular weight is 201 g/mol. The molecule has 0 heterocycles. The third-order valence-electron chi connectivity index (χ3n) is 2.02. The Bertz CT molecular complexity index is 388. The second-order valence-corrected chi connectivity index (χ2v) is 3.28. The predicted octanol–water partition coefficient (Wildman–Crippen LogP) is 3.67. The van der Waals surface area contributed by atoms with E-state index in [-0.39, 0.29) is 5.84 Å². The van der Waals surface area contributed by atoms with Gasteiger partial charge in [-0.15, -0.1) is 10.2 Å². The molecule has 0 aliphatic heterocycles. The molecule has 0 radical (unpaired) electrons. The Labute approximate surface area is 90.1 Å². The lowest BCUT2D eigenvalue weighted by molar-refractivity contribution is 1.14. The Balaban J connectivity index is 2.79. The molecule has 0 aromatic heterocycles. The van der Waals surface area contributed by atoms with Crippen molar-refractivity contribution in [1.82, 2.24) is 0 Å². The van der Waals surface area contributed by atoms with Crippen LogP contribution in [0.15, 0.2) is 41.1 Å². The van der Waals surface area contributed by atoms with Gasteiger partial charge in [0.25, 0.3) is 0 Å². The Hall–Kier alpha value is -1.77. The highest BCUT2D eigenvalue weighted by molar-refractivity contribution is 5.77. The van der Waals surface area contributed by atoms with Gasteiger partial charge in [-0.05, 0) is 18.9 Å². The number of rotatable bonds is 3. The highest BCUT2D eigenvalue weighted by atomic mass is 15.1. The zero-order valence-electron chi connectivity index (χ0n) is 9.12. The van der Waals surface area contributed by atoms with Crippen LogP contribution in [-0.2, 0) is 6.42 Å². The molecule has 0 saturated heterocycles. The van der Waals surface area contributed by atoms with Crippen LogP contribution in [0.5, 0.6) is 0 Å². The van der Waals surface area contributed by atoms with Crippen LogP contribution in [0.1, 0.15) is 25.0 Å². The summed E-state index contributed by atoms with van der Waals surface area (Å²) in [5.74, 6) is 0.182. The Morgan fingerprint density at radius 2 is 1.87 bits per heavy atom. The van der Waals surface area contributed by atoms with Crippen molar-refractivity contribution in [2.24, 2.45) is 10.2 Å². The standard InChI is InChI=1S/C12H15N3/c1-4-11-5-7-12(8-6-11)9(2)14-15-10(3)13/h5-8,13H,2,4H2,1,3H3. The molecule has 1 N–H and O–H groups in total. The first-order chi connectivity index (χ1) is 7.13. The van der Waals surface area contributed by atoms with Crippen molar-refractivity contribution in [1.29, 1.82) is 5.41 Å². The van der Waals surface area contributed by atoms with Crippen molar-refractivity contribution in [2.75, 3.05) is 0 Å². The topological polar surface area (TPSA) is 48.6 Å². The van der Waals surface area contributed by atoms with Gasteiger partial charge in [0.2, 0.25) is 0 Å². The molecule has 3 nitrogen and oxygen atoms in total. The molecule has 78 valence electrons. The maximum absolute atomic E-state index is 7.11. The summed E-state index contributed by atoms with van der Waals surface area (Å²) >= 11 is 0. The fraction of sp³-hybridized carbons (Fsp3) is 0.250. The summed E-state index contributed by atoms with van der Waals surface area (Å²) in [4.78, 5) is 0. The number of nitrogens with one attached hydrogen (secondary N) is 1. The summed E-state index contributed by atoms with van der Waals surface area (Å²) in [7, 11) is 0. The minimum absolute atomic E-state index is 0.182. The van der Waals surface area contributed by atoms with Gasteiger partial charge in [-0.2, -0.15) is 0 Å². The first-order valence-corrected chi connectivity index (χ1v) is 4.88. The summed E-state index contributed by atoms with van der Waals surface area (Å²) in [5, 5.41) is 14.6. The van der Waals surface area contributed by atoms with Gasteiger partial charge in [0.05, 0.1) is 5.70 Å². The summed E-state index contributed by atoms with van der Waals surface area (Å²) in [5.41, 5.74) is 2.81. The van der Waals surface area contributed by atoms with E-state index in [0.717, 1.165) is 12.0 Å². The summed E-state index contributed by atoms with van der Waals surface area (Å²) in [6, 6.07) is 8.04. The molecular weight excluding hydrogens is 186 g/mol. The fourth-order valence-electron chi connectivity index (χ4n) is 1.13. The Morgan fingerprint density at radius 3 is 2.33 bits per heavy atom. The molecule has 0 aliphatic rings. The van der Waals surface area contributed by atoms with E-state index in [9.17, 15) is 0 Å². The van der Waals surface area contributed by atoms with Crippen molar-refractivity contribution >= 4 is 11.5 Å². The highest BCUT2D eigenvalue weighted by Crippen LogP contribution is 2.15. The van der Waals surface area contributed by atoms with Crippen LogP contribution >= 0.6 is 0 Å². The number of azo groups is 1.